The molecule has 0 spiro atoms. The van der Waals surface area contributed by atoms with Crippen LogP contribution in [-0.2, 0) is 16.8 Å². The first kappa shape index (κ1) is 19.7. The van der Waals surface area contributed by atoms with E-state index in [0.717, 1.165) is 17.2 Å². The lowest BCUT2D eigenvalue weighted by Gasteiger charge is -2.17. The lowest BCUT2D eigenvalue weighted by atomic mass is 9.84. The van der Waals surface area contributed by atoms with Gasteiger partial charge < -0.3 is 4.57 Å². The van der Waals surface area contributed by atoms with E-state index in [1.807, 2.05) is 45.0 Å². The molecule has 0 aliphatic carbocycles. The number of carbonyl (C=O) groups excluding carboxylic acids is 1. The standard InChI is InChI=1S/C22H21F2N3O/c1-14(15-4-6-16(7-5-15)22(2,3)12-25)10-17(28)11-27-13-26-19-9-8-18(23)20(24)21(19)27/h4-9,13-14H,10-11H2,1-3H3. The zero-order valence-electron chi connectivity index (χ0n) is 16.0. The topological polar surface area (TPSA) is 58.7 Å². The molecule has 2 aromatic carbocycles. The normalized spacial score (nSPS) is 12.7. The van der Waals surface area contributed by atoms with Crippen molar-refractivity contribution in [3.05, 3.63) is 65.5 Å². The van der Waals surface area contributed by atoms with Crippen LogP contribution in [0, 0.1) is 23.0 Å². The Balaban J connectivity index is 1.72. The first-order valence-electron chi connectivity index (χ1n) is 9.05. The molecule has 0 bridgehead atoms. The van der Waals surface area contributed by atoms with Crippen LogP contribution in [0.2, 0.25) is 0 Å². The highest BCUT2D eigenvalue weighted by atomic mass is 19.2. The largest absolute Gasteiger partial charge is 0.321 e. The maximum atomic E-state index is 14.1. The quantitative estimate of drug-likeness (QED) is 0.611. The van der Waals surface area contributed by atoms with E-state index in [1.165, 1.54) is 17.0 Å². The Hall–Kier alpha value is -3.07. The van der Waals surface area contributed by atoms with Crippen LogP contribution >= 0.6 is 0 Å². The van der Waals surface area contributed by atoms with Crippen molar-refractivity contribution >= 4 is 16.8 Å². The van der Waals surface area contributed by atoms with Crippen LogP contribution in [0.3, 0.4) is 0 Å². The summed E-state index contributed by atoms with van der Waals surface area (Å²) in [4.78, 5) is 16.5. The Morgan fingerprint density at radius 1 is 1.21 bits per heavy atom. The van der Waals surface area contributed by atoms with Gasteiger partial charge in [0, 0.05) is 6.42 Å². The molecule has 144 valence electrons. The number of aromatic nitrogens is 2. The summed E-state index contributed by atoms with van der Waals surface area (Å²) in [7, 11) is 0. The number of fused-ring (bicyclic) bond motifs is 1. The molecular weight excluding hydrogens is 360 g/mol. The lowest BCUT2D eigenvalue weighted by Crippen LogP contribution is -2.14. The molecule has 1 heterocycles. The molecule has 1 aromatic heterocycles. The van der Waals surface area contributed by atoms with E-state index >= 15 is 0 Å². The minimum Gasteiger partial charge on any atom is -0.321 e. The number of nitrogens with zero attached hydrogens (tertiary/aromatic N) is 3. The summed E-state index contributed by atoms with van der Waals surface area (Å²) >= 11 is 0. The monoisotopic (exact) mass is 381 g/mol. The molecule has 6 heteroatoms. The summed E-state index contributed by atoms with van der Waals surface area (Å²) in [5, 5.41) is 9.23. The van der Waals surface area contributed by atoms with Gasteiger partial charge in [-0.2, -0.15) is 5.26 Å². The van der Waals surface area contributed by atoms with Crippen LogP contribution in [0.4, 0.5) is 8.78 Å². The molecule has 0 N–H and O–H groups in total. The molecule has 1 atom stereocenters. The van der Waals surface area contributed by atoms with E-state index in [1.54, 1.807) is 0 Å². The number of nitriles is 1. The predicted octanol–water partition coefficient (Wildman–Crippen LogP) is 4.88. The Morgan fingerprint density at radius 2 is 1.89 bits per heavy atom. The summed E-state index contributed by atoms with van der Waals surface area (Å²) in [6.07, 6.45) is 1.62. The van der Waals surface area contributed by atoms with Crippen molar-refractivity contribution in [2.75, 3.05) is 0 Å². The van der Waals surface area contributed by atoms with Crippen molar-refractivity contribution in [2.45, 2.75) is 45.1 Å². The van der Waals surface area contributed by atoms with Crippen molar-refractivity contribution in [2.24, 2.45) is 0 Å². The van der Waals surface area contributed by atoms with Crippen molar-refractivity contribution in [3.8, 4) is 6.07 Å². The van der Waals surface area contributed by atoms with Crippen molar-refractivity contribution in [3.63, 3.8) is 0 Å². The summed E-state index contributed by atoms with van der Waals surface area (Å²) in [5.41, 5.74) is 1.65. The fourth-order valence-corrected chi connectivity index (χ4v) is 3.22. The van der Waals surface area contributed by atoms with E-state index in [9.17, 15) is 18.8 Å². The van der Waals surface area contributed by atoms with Crippen LogP contribution in [0.15, 0.2) is 42.7 Å². The lowest BCUT2D eigenvalue weighted by molar-refractivity contribution is -0.119. The number of halogens is 2. The number of ketones is 1. The van der Waals surface area contributed by atoms with Crippen LogP contribution in [0.25, 0.3) is 11.0 Å². The second-order valence-corrected chi connectivity index (χ2v) is 7.60. The summed E-state index contributed by atoms with van der Waals surface area (Å²) in [6.45, 7) is 5.58. The number of carbonyl (C=O) groups is 1. The zero-order valence-corrected chi connectivity index (χ0v) is 16.0. The van der Waals surface area contributed by atoms with Gasteiger partial charge in [-0.1, -0.05) is 31.2 Å². The third kappa shape index (κ3) is 3.79. The maximum absolute atomic E-state index is 14.1. The average Bonchev–Trinajstić information content (AvgIpc) is 3.08. The van der Waals surface area contributed by atoms with E-state index in [-0.39, 0.29) is 30.2 Å². The van der Waals surface area contributed by atoms with E-state index in [0.29, 0.717) is 5.52 Å². The van der Waals surface area contributed by atoms with Crippen molar-refractivity contribution in [1.29, 1.82) is 5.26 Å². The molecular formula is C22H21F2N3O. The fourth-order valence-electron chi connectivity index (χ4n) is 3.22. The van der Waals surface area contributed by atoms with Crippen LogP contribution in [-0.4, -0.2) is 15.3 Å². The molecule has 0 saturated carbocycles. The van der Waals surface area contributed by atoms with Crippen molar-refractivity contribution in [1.82, 2.24) is 9.55 Å². The molecule has 0 saturated heterocycles. The van der Waals surface area contributed by atoms with Crippen LogP contribution < -0.4 is 0 Å². The Bertz CT molecular complexity index is 1060. The molecule has 3 aromatic rings. The van der Waals surface area contributed by atoms with Gasteiger partial charge in [-0.15, -0.1) is 0 Å². The third-order valence-corrected chi connectivity index (χ3v) is 5.03. The molecule has 0 fully saturated rings. The number of hydrogen-bond donors (Lipinski definition) is 0. The third-order valence-electron chi connectivity index (χ3n) is 5.03. The van der Waals surface area contributed by atoms with E-state index in [2.05, 4.69) is 11.1 Å². The second kappa shape index (κ2) is 7.51. The average molecular weight is 381 g/mol. The van der Waals surface area contributed by atoms with Gasteiger partial charge in [-0.05, 0) is 43.0 Å². The zero-order chi connectivity index (χ0) is 20.5. The van der Waals surface area contributed by atoms with E-state index in [4.69, 9.17) is 0 Å². The van der Waals surface area contributed by atoms with Gasteiger partial charge in [-0.25, -0.2) is 13.8 Å². The number of rotatable bonds is 6. The highest BCUT2D eigenvalue weighted by Crippen LogP contribution is 2.26. The smallest absolute Gasteiger partial charge is 0.184 e. The van der Waals surface area contributed by atoms with Crippen LogP contribution in [0.1, 0.15) is 44.2 Å². The predicted molar refractivity (Wildman–Crippen MR) is 103 cm³/mol. The minimum atomic E-state index is -0.994. The Morgan fingerprint density at radius 3 is 2.54 bits per heavy atom. The molecule has 28 heavy (non-hydrogen) atoms. The maximum Gasteiger partial charge on any atom is 0.184 e. The van der Waals surface area contributed by atoms with E-state index < -0.39 is 17.0 Å². The molecule has 0 radical (unpaired) electrons. The van der Waals surface area contributed by atoms with Gasteiger partial charge in [-0.3, -0.25) is 4.79 Å². The number of imidazole rings is 1. The highest BCUT2D eigenvalue weighted by Gasteiger charge is 2.20. The molecule has 0 aliphatic heterocycles. The molecule has 0 amide bonds. The number of hydrogen-bond acceptors (Lipinski definition) is 3. The Labute approximate surface area is 162 Å². The first-order valence-corrected chi connectivity index (χ1v) is 9.05. The first-order chi connectivity index (χ1) is 13.2. The number of benzene rings is 2. The van der Waals surface area contributed by atoms with Gasteiger partial charge in [0.1, 0.15) is 5.52 Å². The number of Topliss-reactive ketones (excluding diaryl/α,β-unsaturated/α-hetero) is 1. The summed E-state index contributed by atoms with van der Waals surface area (Å²) in [5.74, 6) is -2.10. The van der Waals surface area contributed by atoms with Crippen molar-refractivity contribution < 1.29 is 13.6 Å². The van der Waals surface area contributed by atoms with Gasteiger partial charge in [0.2, 0.25) is 0 Å². The van der Waals surface area contributed by atoms with Crippen LogP contribution in [0.5, 0.6) is 0 Å². The molecule has 3 rings (SSSR count). The summed E-state index contributed by atoms with van der Waals surface area (Å²) < 4.78 is 28.9. The highest BCUT2D eigenvalue weighted by molar-refractivity contribution is 5.82. The van der Waals surface area contributed by atoms with Gasteiger partial charge in [0.25, 0.3) is 0 Å². The van der Waals surface area contributed by atoms with Gasteiger partial charge in [0.05, 0.1) is 29.9 Å². The Kier molecular flexibility index (Phi) is 5.28. The minimum absolute atomic E-state index is 0.00379. The molecule has 1 unspecified atom stereocenters. The fraction of sp³-hybridized carbons (Fsp3) is 0.318. The SMILES string of the molecule is CC(CC(=O)Cn1cnc2ccc(F)c(F)c21)c1ccc(C(C)(C)C#N)cc1. The molecule has 0 aliphatic rings. The summed E-state index contributed by atoms with van der Waals surface area (Å²) in [6, 6.07) is 12.3. The second-order valence-electron chi connectivity index (χ2n) is 7.60. The van der Waals surface area contributed by atoms with Gasteiger partial charge >= 0.3 is 0 Å². The van der Waals surface area contributed by atoms with Gasteiger partial charge in [0.15, 0.2) is 17.4 Å². The molecule has 4 nitrogen and oxygen atoms in total.